The number of hydrogen-bond acceptors (Lipinski definition) is 11. The van der Waals surface area contributed by atoms with Gasteiger partial charge in [0.05, 0.1) is 50.8 Å². The average Bonchev–Trinajstić information content (AvgIpc) is 2.86. The fourth-order valence-electron chi connectivity index (χ4n) is 3.32. The van der Waals surface area contributed by atoms with Crippen molar-refractivity contribution in [3.63, 3.8) is 0 Å². The monoisotopic (exact) mass is 565 g/mol. The van der Waals surface area contributed by atoms with Crippen LogP contribution in [0, 0.1) is 0 Å². The molecular weight excluding hydrogens is 538 g/mol. The van der Waals surface area contributed by atoms with E-state index in [4.69, 9.17) is 34.6 Å². The maximum Gasteiger partial charge on any atom is 0.341 e. The molecule has 3 aromatic rings. The Kier molecular flexibility index (Phi) is 8.48. The van der Waals surface area contributed by atoms with Gasteiger partial charge >= 0.3 is 10.1 Å². The SMILES string of the molecule is COc1cc(OC)c(C=CS(=O)(=O)Nc2ccc(OC)c(OS(=O)(=O)c3ccc(N)cc3N)c2)c(OC)c1. The van der Waals surface area contributed by atoms with Crippen LogP contribution in [0.15, 0.2) is 58.8 Å². The molecule has 0 aromatic heterocycles. The van der Waals surface area contributed by atoms with E-state index >= 15 is 0 Å². The third kappa shape index (κ3) is 6.52. The minimum atomic E-state index is -4.41. The summed E-state index contributed by atoms with van der Waals surface area (Å²) in [5.41, 5.74) is 11.9. The average molecular weight is 566 g/mol. The number of sulfonamides is 1. The van der Waals surface area contributed by atoms with E-state index in [0.717, 1.165) is 11.5 Å². The summed E-state index contributed by atoms with van der Waals surface area (Å²) in [4.78, 5) is -0.315. The lowest BCUT2D eigenvalue weighted by Gasteiger charge is -2.14. The standard InChI is InChI=1S/C24H27N3O9S2/c1-32-17-13-21(34-3)18(22(14-17)35-4)9-10-37(28,29)27-16-6-7-20(33-2)23(12-16)36-38(30,31)24-8-5-15(25)11-19(24)26/h5-14,27H,25-26H2,1-4H3. The largest absolute Gasteiger partial charge is 0.496 e. The number of nitrogens with two attached hydrogens (primary N) is 2. The number of nitrogens with one attached hydrogen (secondary N) is 1. The van der Waals surface area contributed by atoms with Crippen molar-refractivity contribution in [3.8, 4) is 28.7 Å². The summed E-state index contributed by atoms with van der Waals surface area (Å²) in [6.45, 7) is 0. The van der Waals surface area contributed by atoms with Gasteiger partial charge in [0.2, 0.25) is 0 Å². The molecule has 12 nitrogen and oxygen atoms in total. The molecule has 0 saturated heterocycles. The fourth-order valence-corrected chi connectivity index (χ4v) is 5.19. The minimum Gasteiger partial charge on any atom is -0.496 e. The van der Waals surface area contributed by atoms with Gasteiger partial charge in [0.15, 0.2) is 11.5 Å². The maximum absolute atomic E-state index is 12.8. The zero-order chi connectivity index (χ0) is 28.1. The summed E-state index contributed by atoms with van der Waals surface area (Å²) in [6.07, 6.45) is 1.29. The van der Waals surface area contributed by atoms with Gasteiger partial charge in [0.25, 0.3) is 10.0 Å². The second-order valence-electron chi connectivity index (χ2n) is 7.60. The predicted molar refractivity (Wildman–Crippen MR) is 144 cm³/mol. The molecule has 0 heterocycles. The number of methoxy groups -OCH3 is 4. The molecule has 0 aliphatic carbocycles. The summed E-state index contributed by atoms with van der Waals surface area (Å²) >= 11 is 0. The molecule has 0 atom stereocenters. The molecule has 0 unspecified atom stereocenters. The van der Waals surface area contributed by atoms with Crippen molar-refractivity contribution in [2.45, 2.75) is 4.90 Å². The first-order valence-corrected chi connectivity index (χ1v) is 13.7. The number of hydrogen-bond donors (Lipinski definition) is 3. The molecule has 0 amide bonds. The van der Waals surface area contributed by atoms with E-state index < -0.39 is 20.1 Å². The van der Waals surface area contributed by atoms with Gasteiger partial charge in [-0.1, -0.05) is 0 Å². The Morgan fingerprint density at radius 1 is 0.737 bits per heavy atom. The lowest BCUT2D eigenvalue weighted by Crippen LogP contribution is -2.13. The smallest absolute Gasteiger partial charge is 0.341 e. The summed E-state index contributed by atoms with van der Waals surface area (Å²) in [5.74, 6) is 0.860. The summed E-state index contributed by atoms with van der Waals surface area (Å²) < 4.78 is 79.9. The summed E-state index contributed by atoms with van der Waals surface area (Å²) in [6, 6.07) is 10.8. The Bertz CT molecular complexity index is 1550. The Labute approximate surface area is 220 Å². The normalized spacial score (nSPS) is 11.7. The highest BCUT2D eigenvalue weighted by Crippen LogP contribution is 2.36. The first kappa shape index (κ1) is 28.3. The maximum atomic E-state index is 12.8. The molecular formula is C24H27N3O9S2. The van der Waals surface area contributed by atoms with Crippen LogP contribution in [0.25, 0.3) is 6.08 Å². The van der Waals surface area contributed by atoms with Crippen LogP contribution in [-0.2, 0) is 20.1 Å². The van der Waals surface area contributed by atoms with Crippen LogP contribution in [0.2, 0.25) is 0 Å². The van der Waals surface area contributed by atoms with Crippen molar-refractivity contribution in [2.75, 3.05) is 44.6 Å². The van der Waals surface area contributed by atoms with Crippen LogP contribution < -0.4 is 39.3 Å². The Morgan fingerprint density at radius 2 is 1.37 bits per heavy atom. The first-order valence-electron chi connectivity index (χ1n) is 10.7. The van der Waals surface area contributed by atoms with Gasteiger partial charge in [0.1, 0.15) is 22.1 Å². The number of anilines is 3. The molecule has 3 rings (SSSR count). The topological polar surface area (TPSA) is 178 Å². The quantitative estimate of drug-likeness (QED) is 0.230. The first-order chi connectivity index (χ1) is 17.9. The van der Waals surface area contributed by atoms with Gasteiger partial charge in [0, 0.05) is 23.9 Å². The van der Waals surface area contributed by atoms with Crippen LogP contribution in [0.3, 0.4) is 0 Å². The fraction of sp³-hybridized carbons (Fsp3) is 0.167. The molecule has 0 fully saturated rings. The van der Waals surface area contributed by atoms with Gasteiger partial charge in [-0.05, 0) is 36.4 Å². The molecule has 0 saturated carbocycles. The Morgan fingerprint density at radius 3 is 1.92 bits per heavy atom. The molecule has 14 heteroatoms. The second kappa shape index (κ2) is 11.4. The van der Waals surface area contributed by atoms with Crippen LogP contribution in [-0.4, -0.2) is 45.3 Å². The Hall–Kier alpha value is -4.30. The third-order valence-corrected chi connectivity index (χ3v) is 7.42. The second-order valence-corrected chi connectivity index (χ2v) is 10.7. The van der Waals surface area contributed by atoms with Crippen LogP contribution in [0.5, 0.6) is 28.7 Å². The molecule has 3 aromatic carbocycles. The van der Waals surface area contributed by atoms with Crippen LogP contribution >= 0.6 is 0 Å². The van der Waals surface area contributed by atoms with Crippen molar-refractivity contribution in [2.24, 2.45) is 0 Å². The third-order valence-electron chi connectivity index (χ3n) is 5.09. The van der Waals surface area contributed by atoms with Crippen molar-refractivity contribution >= 4 is 43.3 Å². The van der Waals surface area contributed by atoms with Gasteiger partial charge in [-0.3, -0.25) is 4.72 Å². The van der Waals surface area contributed by atoms with E-state index in [2.05, 4.69) is 4.72 Å². The van der Waals surface area contributed by atoms with Crippen molar-refractivity contribution in [1.29, 1.82) is 0 Å². The predicted octanol–water partition coefficient (Wildman–Crippen LogP) is 3.07. The van der Waals surface area contributed by atoms with Gasteiger partial charge in [-0.2, -0.15) is 8.42 Å². The van der Waals surface area contributed by atoms with E-state index in [-0.39, 0.29) is 33.5 Å². The molecule has 0 bridgehead atoms. The molecule has 5 N–H and O–H groups in total. The lowest BCUT2D eigenvalue weighted by molar-refractivity contribution is 0.374. The van der Waals surface area contributed by atoms with E-state index in [1.807, 2.05) is 0 Å². The molecule has 0 spiro atoms. The number of benzene rings is 3. The minimum absolute atomic E-state index is 0.000381. The van der Waals surface area contributed by atoms with E-state index in [0.29, 0.717) is 22.8 Å². The van der Waals surface area contributed by atoms with Gasteiger partial charge < -0.3 is 34.6 Å². The molecule has 0 radical (unpaired) electrons. The zero-order valence-electron chi connectivity index (χ0n) is 20.9. The number of nitrogen functional groups attached to an aromatic ring is 2. The number of rotatable bonds is 11. The molecule has 0 aliphatic rings. The Balaban J connectivity index is 1.91. The molecule has 0 aliphatic heterocycles. The van der Waals surface area contributed by atoms with Gasteiger partial charge in [-0.15, -0.1) is 0 Å². The molecule has 38 heavy (non-hydrogen) atoms. The highest BCUT2D eigenvalue weighted by Gasteiger charge is 2.23. The number of ether oxygens (including phenoxy) is 4. The van der Waals surface area contributed by atoms with Crippen LogP contribution in [0.1, 0.15) is 5.56 Å². The lowest BCUT2D eigenvalue weighted by atomic mass is 10.1. The van der Waals surface area contributed by atoms with Crippen molar-refractivity contribution in [1.82, 2.24) is 0 Å². The zero-order valence-corrected chi connectivity index (χ0v) is 22.6. The highest BCUT2D eigenvalue weighted by atomic mass is 32.2. The summed E-state index contributed by atoms with van der Waals surface area (Å²) in [5, 5.41) is 0.899. The van der Waals surface area contributed by atoms with Gasteiger partial charge in [-0.25, -0.2) is 8.42 Å². The highest BCUT2D eigenvalue weighted by molar-refractivity contribution is 7.95. The molecule has 204 valence electrons. The van der Waals surface area contributed by atoms with Crippen molar-refractivity contribution < 1.29 is 40.0 Å². The van der Waals surface area contributed by atoms with Crippen LogP contribution in [0.4, 0.5) is 17.1 Å². The van der Waals surface area contributed by atoms with E-state index in [1.54, 1.807) is 12.1 Å². The van der Waals surface area contributed by atoms with E-state index in [1.165, 1.54) is 64.8 Å². The van der Waals surface area contributed by atoms with Crippen molar-refractivity contribution in [3.05, 3.63) is 59.5 Å². The summed E-state index contributed by atoms with van der Waals surface area (Å²) in [7, 11) is -2.89. The van der Waals surface area contributed by atoms with E-state index in [9.17, 15) is 16.8 Å².